The van der Waals surface area contributed by atoms with Crippen LogP contribution in [0.5, 0.6) is 0 Å². The van der Waals surface area contributed by atoms with E-state index in [0.29, 0.717) is 44.9 Å². The average Bonchev–Trinajstić information content (AvgIpc) is 2.72. The molecule has 0 bridgehead atoms. The number of alkyl halides is 6. The van der Waals surface area contributed by atoms with Crippen LogP contribution < -0.4 is 10.2 Å². The highest BCUT2D eigenvalue weighted by molar-refractivity contribution is 5.76. The van der Waals surface area contributed by atoms with E-state index in [1.165, 1.54) is 0 Å². The summed E-state index contributed by atoms with van der Waals surface area (Å²) in [7, 11) is 0. The molecule has 4 nitrogen and oxygen atoms in total. The molecule has 1 heterocycles. The molecule has 2 aliphatic rings. The summed E-state index contributed by atoms with van der Waals surface area (Å²) < 4.78 is 89.8. The lowest BCUT2D eigenvalue weighted by atomic mass is 9.84. The number of nitrogens with zero attached hydrogens (tertiary/aromatic N) is 2. The molecule has 1 aromatic carbocycles. The fourth-order valence-electron chi connectivity index (χ4n) is 4.57. The molecule has 11 heteroatoms. The van der Waals surface area contributed by atoms with E-state index >= 15 is 0 Å². The summed E-state index contributed by atoms with van der Waals surface area (Å²) in [6.45, 7) is 2.87. The topological polar surface area (TPSA) is 35.6 Å². The predicted molar refractivity (Wildman–Crippen MR) is 109 cm³/mol. The van der Waals surface area contributed by atoms with Gasteiger partial charge in [0.15, 0.2) is 0 Å². The average molecular weight is 483 g/mol. The van der Waals surface area contributed by atoms with Crippen LogP contribution in [0.25, 0.3) is 0 Å². The maximum Gasteiger partial charge on any atom is 0.416 e. The minimum atomic E-state index is -4.52. The van der Waals surface area contributed by atoms with Crippen molar-refractivity contribution >= 4 is 11.6 Å². The van der Waals surface area contributed by atoms with Gasteiger partial charge in [0.25, 0.3) is 0 Å². The smallest absolute Gasteiger partial charge is 0.367 e. The molecule has 1 aliphatic carbocycles. The maximum atomic E-state index is 14.1. The van der Waals surface area contributed by atoms with Gasteiger partial charge in [0.05, 0.1) is 11.3 Å². The predicted octanol–water partition coefficient (Wildman–Crippen LogP) is 4.98. The van der Waals surface area contributed by atoms with E-state index < -0.39 is 36.1 Å². The first kappa shape index (κ1) is 25.6. The quantitative estimate of drug-likeness (QED) is 0.580. The van der Waals surface area contributed by atoms with Crippen LogP contribution in [0.3, 0.4) is 0 Å². The molecule has 3 rings (SSSR count). The molecule has 0 atom stereocenters. The zero-order valence-corrected chi connectivity index (χ0v) is 18.1. The molecule has 1 aromatic rings. The summed E-state index contributed by atoms with van der Waals surface area (Å²) in [6.07, 6.45) is -6.63. The van der Waals surface area contributed by atoms with Gasteiger partial charge >= 0.3 is 12.4 Å². The zero-order chi connectivity index (χ0) is 24.2. The number of hydrogen-bond donors (Lipinski definition) is 1. The van der Waals surface area contributed by atoms with E-state index in [9.17, 15) is 35.5 Å². The van der Waals surface area contributed by atoms with E-state index in [2.05, 4.69) is 10.2 Å². The van der Waals surface area contributed by atoms with Gasteiger partial charge in [-0.05, 0) is 62.8 Å². The van der Waals surface area contributed by atoms with Gasteiger partial charge in [-0.25, -0.2) is 4.39 Å². The Hall–Kier alpha value is -2.04. The Morgan fingerprint density at radius 1 is 0.970 bits per heavy atom. The summed E-state index contributed by atoms with van der Waals surface area (Å²) in [5.41, 5.74) is -0.901. The Kier molecular flexibility index (Phi) is 8.13. The first-order chi connectivity index (χ1) is 15.4. The molecule has 33 heavy (non-hydrogen) atoms. The van der Waals surface area contributed by atoms with Crippen LogP contribution in [0.1, 0.15) is 44.1 Å². The van der Waals surface area contributed by atoms with Crippen molar-refractivity contribution in [2.75, 3.05) is 37.6 Å². The lowest BCUT2D eigenvalue weighted by Crippen LogP contribution is -2.47. The second kappa shape index (κ2) is 10.5. The van der Waals surface area contributed by atoms with E-state index in [0.717, 1.165) is 44.0 Å². The van der Waals surface area contributed by atoms with Gasteiger partial charge in [-0.15, -0.1) is 0 Å². The highest BCUT2D eigenvalue weighted by atomic mass is 19.4. The van der Waals surface area contributed by atoms with Crippen LogP contribution in [0, 0.1) is 11.7 Å². The van der Waals surface area contributed by atoms with Crippen LogP contribution in [0.4, 0.5) is 36.4 Å². The van der Waals surface area contributed by atoms with Crippen LogP contribution in [0.2, 0.25) is 0 Å². The lowest BCUT2D eigenvalue weighted by molar-refractivity contribution is -0.154. The van der Waals surface area contributed by atoms with Crippen molar-refractivity contribution < 1.29 is 35.5 Å². The van der Waals surface area contributed by atoms with E-state index in [1.54, 1.807) is 4.90 Å². The summed E-state index contributed by atoms with van der Waals surface area (Å²) >= 11 is 0. The zero-order valence-electron chi connectivity index (χ0n) is 18.1. The second-order valence-corrected chi connectivity index (χ2v) is 8.86. The Labute approximate surface area is 188 Å². The minimum Gasteiger partial charge on any atom is -0.367 e. The van der Waals surface area contributed by atoms with Crippen molar-refractivity contribution in [1.29, 1.82) is 0 Å². The number of hydrogen-bond acceptors (Lipinski definition) is 3. The molecule has 1 amide bonds. The third-order valence-corrected chi connectivity index (χ3v) is 6.41. The number of carbonyl (C=O) groups excluding carboxylic acids is 1. The number of amides is 1. The summed E-state index contributed by atoms with van der Waals surface area (Å²) in [4.78, 5) is 15.3. The molecule has 0 unspecified atom stereocenters. The number of nitrogens with one attached hydrogen (secondary N) is 1. The van der Waals surface area contributed by atoms with Crippen molar-refractivity contribution in [3.05, 3.63) is 29.6 Å². The van der Waals surface area contributed by atoms with Crippen molar-refractivity contribution in [3.63, 3.8) is 0 Å². The molecule has 0 spiro atoms. The Bertz CT molecular complexity index is 796. The molecule has 1 N–H and O–H groups in total. The Morgan fingerprint density at radius 2 is 1.61 bits per heavy atom. The summed E-state index contributed by atoms with van der Waals surface area (Å²) in [6, 6.07) is 2.23. The van der Waals surface area contributed by atoms with Gasteiger partial charge in [0, 0.05) is 32.2 Å². The van der Waals surface area contributed by atoms with Crippen molar-refractivity contribution in [1.82, 2.24) is 10.2 Å². The van der Waals surface area contributed by atoms with Gasteiger partial charge in [-0.3, -0.25) is 9.69 Å². The molecule has 0 aromatic heterocycles. The maximum absolute atomic E-state index is 14.1. The largest absolute Gasteiger partial charge is 0.416 e. The van der Waals surface area contributed by atoms with Crippen molar-refractivity contribution in [2.45, 2.75) is 56.9 Å². The monoisotopic (exact) mass is 483 g/mol. The van der Waals surface area contributed by atoms with E-state index in [-0.39, 0.29) is 11.7 Å². The normalized spacial score (nSPS) is 22.9. The number of anilines is 1. The fourth-order valence-corrected chi connectivity index (χ4v) is 4.57. The van der Waals surface area contributed by atoms with Crippen LogP contribution in [-0.4, -0.2) is 55.7 Å². The third kappa shape index (κ3) is 7.75. The SMILES string of the molecule is O=C(CC(F)(F)F)NC1CCC(CCN2CCN(c3cc(C(F)(F)F)ccc3F)CC2)CC1. The van der Waals surface area contributed by atoms with Gasteiger partial charge in [0.1, 0.15) is 12.2 Å². The molecule has 1 saturated heterocycles. The molecular weight excluding hydrogens is 455 g/mol. The molecule has 2 fully saturated rings. The van der Waals surface area contributed by atoms with Crippen LogP contribution in [-0.2, 0) is 11.0 Å². The van der Waals surface area contributed by atoms with Crippen molar-refractivity contribution in [3.8, 4) is 0 Å². The molecular formula is C22H28F7N3O. The number of rotatable bonds is 6. The first-order valence-electron chi connectivity index (χ1n) is 11.1. The van der Waals surface area contributed by atoms with Gasteiger partial charge in [-0.1, -0.05) is 0 Å². The van der Waals surface area contributed by atoms with E-state index in [4.69, 9.17) is 0 Å². The molecule has 1 aliphatic heterocycles. The Balaban J connectivity index is 1.38. The van der Waals surface area contributed by atoms with Gasteiger partial charge < -0.3 is 10.2 Å². The van der Waals surface area contributed by atoms with Gasteiger partial charge in [0.2, 0.25) is 5.91 Å². The van der Waals surface area contributed by atoms with Crippen LogP contribution in [0.15, 0.2) is 18.2 Å². The number of carbonyl (C=O) groups is 1. The summed E-state index contributed by atoms with van der Waals surface area (Å²) in [5.74, 6) is -1.24. The number of halogens is 7. The highest BCUT2D eigenvalue weighted by Crippen LogP contribution is 2.33. The fraction of sp³-hybridized carbons (Fsp3) is 0.682. The number of piperazine rings is 1. The van der Waals surface area contributed by atoms with Gasteiger partial charge in [-0.2, -0.15) is 26.3 Å². The summed E-state index contributed by atoms with van der Waals surface area (Å²) in [5, 5.41) is 2.46. The standard InChI is InChI=1S/C22H28F7N3O/c23-18-6-3-16(22(27,28)29)13-19(18)32-11-9-31(10-12-32)8-7-15-1-4-17(5-2-15)30-20(33)14-21(24,25)26/h3,6,13,15,17H,1-2,4-5,7-12,14H2,(H,30,33). The minimum absolute atomic E-state index is 0.0321. The second-order valence-electron chi connectivity index (χ2n) is 8.86. The Morgan fingerprint density at radius 3 is 2.18 bits per heavy atom. The third-order valence-electron chi connectivity index (χ3n) is 6.41. The molecule has 1 saturated carbocycles. The highest BCUT2D eigenvalue weighted by Gasteiger charge is 2.33. The van der Waals surface area contributed by atoms with Crippen LogP contribution >= 0.6 is 0 Å². The molecule has 0 radical (unpaired) electrons. The first-order valence-corrected chi connectivity index (χ1v) is 11.1. The molecule has 186 valence electrons. The van der Waals surface area contributed by atoms with Crippen molar-refractivity contribution in [2.24, 2.45) is 5.92 Å². The number of benzene rings is 1. The van der Waals surface area contributed by atoms with E-state index in [1.807, 2.05) is 0 Å². The lowest BCUT2D eigenvalue weighted by Gasteiger charge is -2.37.